The van der Waals surface area contributed by atoms with Gasteiger partial charge in [-0.3, -0.25) is 4.79 Å². The molecule has 1 atom stereocenters. The lowest BCUT2D eigenvalue weighted by atomic mass is 10.2. The van der Waals surface area contributed by atoms with Gasteiger partial charge in [-0.15, -0.1) is 0 Å². The maximum absolute atomic E-state index is 13.4. The highest BCUT2D eigenvalue weighted by Gasteiger charge is 2.35. The molecule has 0 spiro atoms. The summed E-state index contributed by atoms with van der Waals surface area (Å²) >= 11 is 5.80. The molecule has 5 nitrogen and oxygen atoms in total. The molecule has 2 aromatic rings. The number of anilines is 1. The summed E-state index contributed by atoms with van der Waals surface area (Å²) in [4.78, 5) is 14.0. The van der Waals surface area contributed by atoms with Crippen LogP contribution in [0.4, 0.5) is 10.1 Å². The number of halogens is 2. The number of nitrogens with one attached hydrogen (secondary N) is 1. The smallest absolute Gasteiger partial charge is 0.245 e. The minimum atomic E-state index is -3.68. The minimum absolute atomic E-state index is 0.233. The van der Waals surface area contributed by atoms with E-state index in [2.05, 4.69) is 4.72 Å². The van der Waals surface area contributed by atoms with Crippen LogP contribution in [0.15, 0.2) is 42.5 Å². The van der Waals surface area contributed by atoms with Gasteiger partial charge in [0.25, 0.3) is 0 Å². The fourth-order valence-corrected chi connectivity index (χ4v) is 4.39. The Bertz CT molecular complexity index is 932. The van der Waals surface area contributed by atoms with Crippen LogP contribution in [0.3, 0.4) is 0 Å². The van der Waals surface area contributed by atoms with Crippen molar-refractivity contribution in [3.05, 3.63) is 64.4 Å². The SMILES string of the molecule is Cc1cc(N2CCC(NS(=O)(=O)Cc3ccc(Cl)cc3)C2=O)ccc1F. The molecule has 138 valence electrons. The van der Waals surface area contributed by atoms with E-state index in [1.165, 1.54) is 17.0 Å². The monoisotopic (exact) mass is 396 g/mol. The van der Waals surface area contributed by atoms with Gasteiger partial charge in [-0.1, -0.05) is 23.7 Å². The molecule has 26 heavy (non-hydrogen) atoms. The van der Waals surface area contributed by atoms with Crippen molar-refractivity contribution in [2.45, 2.75) is 25.1 Å². The second-order valence-corrected chi connectivity index (χ2v) is 8.46. The fourth-order valence-electron chi connectivity index (χ4n) is 2.90. The Labute approximate surface area is 156 Å². The van der Waals surface area contributed by atoms with Gasteiger partial charge in [-0.25, -0.2) is 17.5 Å². The molecule has 1 aliphatic heterocycles. The summed E-state index contributed by atoms with van der Waals surface area (Å²) in [5.74, 6) is -0.917. The molecule has 1 fully saturated rings. The first-order valence-electron chi connectivity index (χ1n) is 8.07. The first-order valence-corrected chi connectivity index (χ1v) is 10.1. The van der Waals surface area contributed by atoms with Crippen LogP contribution >= 0.6 is 11.6 Å². The zero-order valence-electron chi connectivity index (χ0n) is 14.1. The van der Waals surface area contributed by atoms with Crippen molar-refractivity contribution in [1.82, 2.24) is 4.72 Å². The third kappa shape index (κ3) is 4.23. The van der Waals surface area contributed by atoms with Gasteiger partial charge in [0.1, 0.15) is 11.9 Å². The van der Waals surface area contributed by atoms with E-state index in [1.807, 2.05) is 0 Å². The predicted octanol–water partition coefficient (Wildman–Crippen LogP) is 3.01. The summed E-state index contributed by atoms with van der Waals surface area (Å²) in [7, 11) is -3.68. The summed E-state index contributed by atoms with van der Waals surface area (Å²) < 4.78 is 40.6. The van der Waals surface area contributed by atoms with Gasteiger partial charge in [0.15, 0.2) is 0 Å². The molecule has 0 saturated carbocycles. The lowest BCUT2D eigenvalue weighted by Crippen LogP contribution is -2.42. The van der Waals surface area contributed by atoms with Crippen molar-refractivity contribution in [2.75, 3.05) is 11.4 Å². The van der Waals surface area contributed by atoms with E-state index >= 15 is 0 Å². The van der Waals surface area contributed by atoms with Crippen LogP contribution in [-0.4, -0.2) is 26.9 Å². The van der Waals surface area contributed by atoms with Gasteiger partial charge in [0, 0.05) is 17.3 Å². The van der Waals surface area contributed by atoms with Crippen molar-refractivity contribution in [3.8, 4) is 0 Å². The lowest BCUT2D eigenvalue weighted by Gasteiger charge is -2.18. The molecule has 0 radical (unpaired) electrons. The summed E-state index contributed by atoms with van der Waals surface area (Å²) in [5, 5.41) is 0.523. The molecule has 1 amide bonds. The van der Waals surface area contributed by atoms with Gasteiger partial charge in [-0.2, -0.15) is 0 Å². The number of nitrogens with zero attached hydrogens (tertiary/aromatic N) is 1. The number of rotatable bonds is 5. The average Bonchev–Trinajstić information content (AvgIpc) is 2.92. The van der Waals surface area contributed by atoms with Crippen molar-refractivity contribution < 1.29 is 17.6 Å². The Morgan fingerprint density at radius 3 is 2.58 bits per heavy atom. The standard InChI is InChI=1S/C18H18ClFN2O3S/c1-12-10-15(6-7-16(12)20)22-9-8-17(18(22)23)21-26(24,25)11-13-2-4-14(19)5-3-13/h2-7,10,17,21H,8-9,11H2,1H3. The number of amides is 1. The largest absolute Gasteiger partial charge is 0.311 e. The molecule has 3 rings (SSSR count). The maximum atomic E-state index is 13.4. The number of hydrogen-bond donors (Lipinski definition) is 1. The molecule has 8 heteroatoms. The van der Waals surface area contributed by atoms with Gasteiger partial charge < -0.3 is 4.90 Å². The zero-order valence-corrected chi connectivity index (χ0v) is 15.6. The van der Waals surface area contributed by atoms with E-state index in [0.717, 1.165) is 0 Å². The molecule has 0 aliphatic carbocycles. The Hall–Kier alpha value is -1.96. The maximum Gasteiger partial charge on any atom is 0.245 e. The molecule has 2 aromatic carbocycles. The number of hydrogen-bond acceptors (Lipinski definition) is 3. The van der Waals surface area contributed by atoms with Crippen molar-refractivity contribution in [1.29, 1.82) is 0 Å². The normalized spacial score (nSPS) is 17.7. The molecule has 0 bridgehead atoms. The first kappa shape index (κ1) is 18.8. The first-order chi connectivity index (χ1) is 12.2. The molecule has 1 unspecified atom stereocenters. The third-order valence-corrected chi connectivity index (χ3v) is 5.86. The number of benzene rings is 2. The summed E-state index contributed by atoms with van der Waals surface area (Å²) in [5.41, 5.74) is 1.58. The number of aryl methyl sites for hydroxylation is 1. The summed E-state index contributed by atoms with van der Waals surface area (Å²) in [6.45, 7) is 1.99. The highest BCUT2D eigenvalue weighted by molar-refractivity contribution is 7.88. The molecule has 1 heterocycles. The highest BCUT2D eigenvalue weighted by Crippen LogP contribution is 2.24. The Morgan fingerprint density at radius 2 is 1.92 bits per heavy atom. The topological polar surface area (TPSA) is 66.5 Å². The lowest BCUT2D eigenvalue weighted by molar-refractivity contribution is -0.118. The Morgan fingerprint density at radius 1 is 1.23 bits per heavy atom. The summed E-state index contributed by atoms with van der Waals surface area (Å²) in [6.07, 6.45) is 0.356. The van der Waals surface area contributed by atoms with Gasteiger partial charge >= 0.3 is 0 Å². The van der Waals surface area contributed by atoms with E-state index in [0.29, 0.717) is 34.8 Å². The molecular formula is C18H18ClFN2O3S. The van der Waals surface area contributed by atoms with E-state index in [-0.39, 0.29) is 17.5 Å². The van der Waals surface area contributed by atoms with E-state index < -0.39 is 16.1 Å². The molecular weight excluding hydrogens is 379 g/mol. The van der Waals surface area contributed by atoms with E-state index in [9.17, 15) is 17.6 Å². The molecule has 1 aliphatic rings. The summed E-state index contributed by atoms with van der Waals surface area (Å²) in [6, 6.07) is 10.1. The number of carbonyl (C=O) groups excluding carboxylic acids is 1. The van der Waals surface area contributed by atoms with Crippen LogP contribution in [0.1, 0.15) is 17.5 Å². The van der Waals surface area contributed by atoms with E-state index in [4.69, 9.17) is 11.6 Å². The molecule has 1 N–H and O–H groups in total. The Balaban J connectivity index is 1.69. The minimum Gasteiger partial charge on any atom is -0.311 e. The van der Waals surface area contributed by atoms with Crippen LogP contribution < -0.4 is 9.62 Å². The second kappa shape index (κ2) is 7.34. The zero-order chi connectivity index (χ0) is 18.9. The average molecular weight is 397 g/mol. The van der Waals surface area contributed by atoms with E-state index in [1.54, 1.807) is 37.3 Å². The van der Waals surface area contributed by atoms with Crippen LogP contribution in [0.25, 0.3) is 0 Å². The highest BCUT2D eigenvalue weighted by atomic mass is 35.5. The van der Waals surface area contributed by atoms with Gasteiger partial charge in [0.05, 0.1) is 5.75 Å². The second-order valence-electron chi connectivity index (χ2n) is 6.27. The molecule has 0 aromatic heterocycles. The van der Waals surface area contributed by atoms with Crippen LogP contribution in [0, 0.1) is 12.7 Å². The third-order valence-electron chi connectivity index (χ3n) is 4.25. The quantitative estimate of drug-likeness (QED) is 0.844. The predicted molar refractivity (Wildman–Crippen MR) is 99.1 cm³/mol. The fraction of sp³-hybridized carbons (Fsp3) is 0.278. The van der Waals surface area contributed by atoms with Crippen molar-refractivity contribution in [2.24, 2.45) is 0 Å². The number of sulfonamides is 1. The van der Waals surface area contributed by atoms with Crippen molar-refractivity contribution >= 4 is 33.2 Å². The van der Waals surface area contributed by atoms with Crippen molar-refractivity contribution in [3.63, 3.8) is 0 Å². The van der Waals surface area contributed by atoms with Crippen LogP contribution in [-0.2, 0) is 20.6 Å². The van der Waals surface area contributed by atoms with Crippen LogP contribution in [0.5, 0.6) is 0 Å². The van der Waals surface area contributed by atoms with Gasteiger partial charge in [-0.05, 0) is 54.8 Å². The molecule has 1 saturated heterocycles. The van der Waals surface area contributed by atoms with Crippen LogP contribution in [0.2, 0.25) is 5.02 Å². The number of carbonyl (C=O) groups is 1. The Kier molecular flexibility index (Phi) is 5.32. The van der Waals surface area contributed by atoms with Gasteiger partial charge in [0.2, 0.25) is 15.9 Å².